The first-order chi connectivity index (χ1) is 40.9. The predicted molar refractivity (Wildman–Crippen MR) is 337 cm³/mol. The Hall–Kier alpha value is -7.69. The molecule has 23 nitrogen and oxygen atoms in total. The van der Waals surface area contributed by atoms with Gasteiger partial charge in [0.15, 0.2) is 0 Å². The number of piperidine rings is 1. The van der Waals surface area contributed by atoms with Crippen molar-refractivity contribution in [1.82, 2.24) is 40.9 Å². The third kappa shape index (κ3) is 17.8. The van der Waals surface area contributed by atoms with Gasteiger partial charge in [0.05, 0.1) is 17.4 Å². The second kappa shape index (κ2) is 28.6. The topological polar surface area (TPSA) is 289 Å². The lowest BCUT2D eigenvalue weighted by atomic mass is 9.85. The van der Waals surface area contributed by atoms with Crippen LogP contribution in [0.3, 0.4) is 0 Å². The summed E-state index contributed by atoms with van der Waals surface area (Å²) in [5.41, 5.74) is -4.48. The van der Waals surface area contributed by atoms with E-state index in [-0.39, 0.29) is 57.3 Å². The van der Waals surface area contributed by atoms with Gasteiger partial charge in [0.25, 0.3) is 0 Å². The monoisotopic (exact) mass is 1230 g/mol. The molecule has 4 unspecified atom stereocenters. The third-order valence-electron chi connectivity index (χ3n) is 16.4. The lowest BCUT2D eigenvalue weighted by Crippen LogP contribution is -2.59. The summed E-state index contributed by atoms with van der Waals surface area (Å²) < 4.78 is 10.9. The van der Waals surface area contributed by atoms with E-state index in [1.165, 1.54) is 26.9 Å². The molecule has 2 saturated carbocycles. The molecule has 7 N–H and O–H groups in total. The molecule has 3 heterocycles. The molecule has 2 aliphatic carbocycles. The van der Waals surface area contributed by atoms with Crippen LogP contribution in [0, 0.1) is 22.7 Å². The second-order valence-corrected chi connectivity index (χ2v) is 27.8. The van der Waals surface area contributed by atoms with E-state index < -0.39 is 123 Å². The Labute approximate surface area is 519 Å². The molecule has 0 bridgehead atoms. The van der Waals surface area contributed by atoms with Crippen molar-refractivity contribution in [3.05, 3.63) is 87.5 Å². The van der Waals surface area contributed by atoms with Crippen molar-refractivity contribution in [2.24, 2.45) is 22.7 Å². The maximum atomic E-state index is 14.4. The molecule has 5 fully saturated rings. The van der Waals surface area contributed by atoms with Gasteiger partial charge < -0.3 is 65.9 Å². The largest absolute Gasteiger partial charge is 0.479 e. The van der Waals surface area contributed by atoms with Crippen LogP contribution in [0.1, 0.15) is 128 Å². The summed E-state index contributed by atoms with van der Waals surface area (Å²) in [6.45, 7) is 43.0. The maximum absolute atomic E-state index is 14.4. The SMILES string of the molecule is C=CCN(C(=O)Nc1ccccc1N1CCCCC1)[C@@H]1C[C@@H](C(=O)NC2(C(=O)O)CC2C=C)N(C(=O)[C@@H](NC(=O)OC(C)(C)C)C(C)(C)C)C1.C=CCN(CC=C)[C@@H]1C[C@@H](C(=O)NC2(C(=O)O)CC2C=C)N(C(=O)[C@@H](NC(=O)OC(C)(C)C)C(C)(C)C)C1. The molecule has 10 atom stereocenters. The van der Waals surface area contributed by atoms with Crippen LogP contribution in [0.4, 0.5) is 25.8 Å². The maximum Gasteiger partial charge on any atom is 0.408 e. The number of hydrogen-bond acceptors (Lipinski definition) is 13. The van der Waals surface area contributed by atoms with E-state index in [0.29, 0.717) is 18.8 Å². The lowest BCUT2D eigenvalue weighted by molar-refractivity contribution is -0.146. The van der Waals surface area contributed by atoms with Crippen molar-refractivity contribution in [2.45, 2.75) is 187 Å². The van der Waals surface area contributed by atoms with Crippen LogP contribution in [0.15, 0.2) is 87.5 Å². The number of benzene rings is 1. The van der Waals surface area contributed by atoms with Gasteiger partial charge in [-0.2, -0.15) is 0 Å². The van der Waals surface area contributed by atoms with Gasteiger partial charge in [-0.3, -0.25) is 24.1 Å². The Kier molecular flexibility index (Phi) is 23.1. The number of likely N-dealkylation sites (tertiary alicyclic amines) is 2. The Bertz CT molecular complexity index is 2800. The number of amides is 8. The van der Waals surface area contributed by atoms with Gasteiger partial charge >= 0.3 is 30.2 Å². The number of hydrogen-bond donors (Lipinski definition) is 7. The molecule has 1 aromatic rings. The average Bonchev–Trinajstić information content (AvgIpc) is 1.77. The number of carboxylic acid groups (broad SMARTS) is 2. The van der Waals surface area contributed by atoms with E-state index in [1.54, 1.807) is 80.5 Å². The Morgan fingerprint density at radius 1 is 0.614 bits per heavy atom. The zero-order valence-corrected chi connectivity index (χ0v) is 53.9. The van der Waals surface area contributed by atoms with Crippen molar-refractivity contribution in [3.63, 3.8) is 0 Å². The lowest BCUT2D eigenvalue weighted by Gasteiger charge is -2.36. The van der Waals surface area contributed by atoms with Gasteiger partial charge in [-0.05, 0) is 109 Å². The summed E-state index contributed by atoms with van der Waals surface area (Å²) in [5.74, 6) is -5.39. The molecule has 486 valence electrons. The molecule has 5 aliphatic rings. The number of nitrogens with one attached hydrogen (secondary N) is 5. The molecule has 88 heavy (non-hydrogen) atoms. The van der Waals surface area contributed by atoms with Crippen molar-refractivity contribution in [3.8, 4) is 0 Å². The van der Waals surface area contributed by atoms with Crippen LogP contribution in [0.5, 0.6) is 0 Å². The van der Waals surface area contributed by atoms with Crippen LogP contribution in [-0.4, -0.2) is 188 Å². The van der Waals surface area contributed by atoms with Crippen molar-refractivity contribution in [1.29, 1.82) is 0 Å². The number of rotatable bonds is 22. The van der Waals surface area contributed by atoms with Gasteiger partial charge in [0.1, 0.15) is 46.4 Å². The zero-order chi connectivity index (χ0) is 66.1. The fourth-order valence-corrected chi connectivity index (χ4v) is 11.6. The van der Waals surface area contributed by atoms with E-state index in [4.69, 9.17) is 9.47 Å². The number of carbonyl (C=O) groups excluding carboxylic acids is 7. The summed E-state index contributed by atoms with van der Waals surface area (Å²) in [6.07, 6.45) is 10.6. The molecule has 3 saturated heterocycles. The van der Waals surface area contributed by atoms with E-state index in [2.05, 4.69) is 69.3 Å². The van der Waals surface area contributed by atoms with Gasteiger partial charge in [0, 0.05) is 63.7 Å². The normalized spacial score (nSPS) is 24.8. The molecule has 0 spiro atoms. The highest BCUT2D eigenvalue weighted by atomic mass is 16.6. The van der Waals surface area contributed by atoms with Gasteiger partial charge in [-0.1, -0.05) is 84.1 Å². The average molecular weight is 1230 g/mol. The summed E-state index contributed by atoms with van der Waals surface area (Å²) in [6, 6.07) is 2.16. The highest BCUT2D eigenvalue weighted by Crippen LogP contribution is 2.46. The highest BCUT2D eigenvalue weighted by Gasteiger charge is 2.63. The highest BCUT2D eigenvalue weighted by molar-refractivity contribution is 5.98. The summed E-state index contributed by atoms with van der Waals surface area (Å²) in [7, 11) is 0. The molecule has 3 aliphatic heterocycles. The van der Waals surface area contributed by atoms with E-state index in [9.17, 15) is 53.4 Å². The molecule has 1 aromatic carbocycles. The van der Waals surface area contributed by atoms with E-state index in [1.807, 2.05) is 45.0 Å². The van der Waals surface area contributed by atoms with Crippen molar-refractivity contribution in [2.75, 3.05) is 56.0 Å². The minimum absolute atomic E-state index is 0.0321. The number of ether oxygens (including phenoxy) is 2. The number of aliphatic carboxylic acids is 2. The fourth-order valence-electron chi connectivity index (χ4n) is 11.6. The number of carbonyl (C=O) groups is 9. The zero-order valence-electron chi connectivity index (χ0n) is 53.9. The van der Waals surface area contributed by atoms with Crippen LogP contribution in [0.25, 0.3) is 0 Å². The summed E-state index contributed by atoms with van der Waals surface area (Å²) >= 11 is 0. The van der Waals surface area contributed by atoms with Crippen LogP contribution >= 0.6 is 0 Å². The fraction of sp³-hybridized carbons (Fsp3) is 0.615. The summed E-state index contributed by atoms with van der Waals surface area (Å²) in [5, 5.41) is 33.7. The minimum Gasteiger partial charge on any atom is -0.479 e. The minimum atomic E-state index is -1.53. The first-order valence-corrected chi connectivity index (χ1v) is 30.4. The second-order valence-electron chi connectivity index (χ2n) is 27.8. The number of carboxylic acids is 2. The van der Waals surface area contributed by atoms with Crippen LogP contribution < -0.4 is 31.5 Å². The number of para-hydroxylation sites is 2. The van der Waals surface area contributed by atoms with Gasteiger partial charge in [0.2, 0.25) is 23.6 Å². The first-order valence-electron chi connectivity index (χ1n) is 30.4. The Balaban J connectivity index is 0.000000333. The molecule has 0 aromatic heterocycles. The number of nitrogens with zero attached hydrogens (tertiary/aromatic N) is 5. The molecule has 23 heteroatoms. The van der Waals surface area contributed by atoms with E-state index in [0.717, 1.165) is 38.0 Å². The smallest absolute Gasteiger partial charge is 0.408 e. The van der Waals surface area contributed by atoms with Crippen LogP contribution in [0.2, 0.25) is 0 Å². The molecule has 0 radical (unpaired) electrons. The number of anilines is 2. The van der Waals surface area contributed by atoms with Crippen molar-refractivity contribution >= 4 is 65.2 Å². The quantitative estimate of drug-likeness (QED) is 0.0555. The molecule has 8 amide bonds. The Morgan fingerprint density at radius 2 is 1.02 bits per heavy atom. The predicted octanol–water partition coefficient (Wildman–Crippen LogP) is 7.47. The van der Waals surface area contributed by atoms with Gasteiger partial charge in [-0.25, -0.2) is 24.0 Å². The standard InChI is InChI=1S/C37H54N6O7.C28H44N4O6/c1-9-18-42(33(48)38-26-16-12-13-17-27(26)41-19-14-11-15-20-41)25-21-28(30(44)40-37(32(46)47)22-24(37)10-2)43(23-25)31(45)29(35(3,4)5)39-34(49)50-36(6,7)8;1-10-13-31(14-11-2)19-15-20(22(33)30-28(24(35)36)16-18(28)12-3)32(17-19)23(34)21(26(4,5)6)29-25(37)38-27(7,8)9/h9-10,12-13,16-17,24-25,28-29H,1-2,11,14-15,18-23H2,3-8H3,(H,38,48)(H,39,49)(H,40,44)(H,46,47);10-12,18-21H,1-3,13-17H2,4-9H3,(H,29,37)(H,30,33)(H,35,36)/t24?,25-,28+,29-,37?;18?,19-,20+,21-,28?/m11/s1. The molecule has 6 rings (SSSR count). The first kappa shape index (κ1) is 71.1. The summed E-state index contributed by atoms with van der Waals surface area (Å²) in [4.78, 5) is 129. The number of urea groups is 1. The Morgan fingerprint density at radius 3 is 1.40 bits per heavy atom. The third-order valence-corrected chi connectivity index (χ3v) is 16.4. The number of alkyl carbamates (subject to hydrolysis) is 2. The van der Waals surface area contributed by atoms with Crippen molar-refractivity contribution < 1.29 is 62.8 Å². The van der Waals surface area contributed by atoms with Crippen LogP contribution in [-0.2, 0) is 38.2 Å². The van der Waals surface area contributed by atoms with Gasteiger partial charge in [-0.15, -0.1) is 32.9 Å². The molecular formula is C65H98N10O13. The van der Waals surface area contributed by atoms with E-state index >= 15 is 0 Å². The molecular weight excluding hydrogens is 1130 g/mol.